The molecule has 11 heavy (non-hydrogen) atoms. The maximum absolute atomic E-state index is 5.33. The first-order chi connectivity index (χ1) is 5.35. The predicted molar refractivity (Wildman–Crippen MR) is 54.9 cm³/mol. The van der Waals surface area contributed by atoms with Crippen LogP contribution < -0.4 is 0 Å². The van der Waals surface area contributed by atoms with Crippen molar-refractivity contribution in [2.45, 2.75) is 44.8 Å². The van der Waals surface area contributed by atoms with Crippen LogP contribution in [0.2, 0.25) is 5.28 Å². The van der Waals surface area contributed by atoms with E-state index in [4.69, 9.17) is 2.84 Å². The molecule has 64 valence electrons. The lowest BCUT2D eigenvalue weighted by Crippen LogP contribution is -2.05. The first-order valence-electron chi connectivity index (χ1n) is 4.84. The van der Waals surface area contributed by atoms with Crippen LogP contribution in [-0.4, -0.2) is 32.2 Å². The molecule has 0 saturated heterocycles. The second-order valence-electron chi connectivity index (χ2n) is 3.20. The molecule has 0 spiro atoms. The van der Waals surface area contributed by atoms with E-state index in [2.05, 4.69) is 13.8 Å². The number of hydrogen-bond donors (Lipinski definition) is 0. The van der Waals surface area contributed by atoms with Crippen molar-refractivity contribution >= 4 is 32.2 Å². The zero-order valence-electron chi connectivity index (χ0n) is 8.23. The summed E-state index contributed by atoms with van der Waals surface area (Å²) in [5.41, 5.74) is 0. The van der Waals surface area contributed by atoms with Crippen molar-refractivity contribution in [1.29, 1.82) is 0 Å². The van der Waals surface area contributed by atoms with E-state index in [1.807, 2.05) is 0 Å². The summed E-state index contributed by atoms with van der Waals surface area (Å²) in [4.78, 5) is 0. The summed E-state index contributed by atoms with van der Waals surface area (Å²) in [6.07, 6.45) is 5.55. The molecule has 3 heteroatoms. The fourth-order valence-electron chi connectivity index (χ4n) is 1.33. The van der Waals surface area contributed by atoms with Crippen LogP contribution in [0, 0.1) is 5.92 Å². The number of hydrogen-bond acceptors (Lipinski definition) is 1. The Hall–Kier alpha value is 1.02. The smallest absolute Gasteiger partial charge is 0.404 e. The van der Waals surface area contributed by atoms with Gasteiger partial charge in [-0.05, 0) is 0 Å². The molecule has 0 heterocycles. The van der Waals surface area contributed by atoms with Crippen LogP contribution in [-0.2, 0) is 2.84 Å². The van der Waals surface area contributed by atoms with Crippen molar-refractivity contribution in [3.63, 3.8) is 0 Å². The Morgan fingerprint density at radius 1 is 1.45 bits per heavy atom. The zero-order chi connectivity index (χ0) is 8.53. The highest BCUT2D eigenvalue weighted by molar-refractivity contribution is 6.34. The van der Waals surface area contributed by atoms with Crippen LogP contribution in [0.15, 0.2) is 0 Å². The van der Waals surface area contributed by atoms with Gasteiger partial charge >= 0.3 is 32.2 Å². The van der Waals surface area contributed by atoms with E-state index in [9.17, 15) is 0 Å². The lowest BCUT2D eigenvalue weighted by Gasteiger charge is -2.12. The van der Waals surface area contributed by atoms with E-state index in [0.717, 1.165) is 22.5 Å². The maximum Gasteiger partial charge on any atom is 0.404 e. The van der Waals surface area contributed by atoms with E-state index in [1.165, 1.54) is 31.0 Å². The lowest BCUT2D eigenvalue weighted by molar-refractivity contribution is 0.477. The minimum atomic E-state index is -0.103. The summed E-state index contributed by atoms with van der Waals surface area (Å²) in [7, 11) is 0. The summed E-state index contributed by atoms with van der Waals surface area (Å²) < 4.78 is 5.33. The Bertz CT molecular complexity index is 70.5. The molecular formula is C8H20Al2O. The normalized spacial score (nSPS) is 12.9. The first-order valence-corrected chi connectivity index (χ1v) is 7.23. The summed E-state index contributed by atoms with van der Waals surface area (Å²) in [5.74, 6) is 0.982. The third kappa shape index (κ3) is 7.39. The summed E-state index contributed by atoms with van der Waals surface area (Å²) in [5, 5.41) is 1.42. The molecule has 0 aliphatic heterocycles. The van der Waals surface area contributed by atoms with E-state index < -0.39 is 0 Å². The Labute approximate surface area is 85.7 Å². The molecule has 0 N–H and O–H groups in total. The zero-order valence-corrected chi connectivity index (χ0v) is 11.6. The van der Waals surface area contributed by atoms with E-state index in [1.54, 1.807) is 0 Å². The standard InChI is InChI=1S/C8H17.2Al.O.3H/c1-4-6-7-8(3)5-2;;;;;;/h8H,3-7H2,1-2H3;;;;;;. The molecule has 1 nitrogen and oxygen atoms in total. The molecule has 0 aliphatic carbocycles. The van der Waals surface area contributed by atoms with E-state index >= 15 is 0 Å². The highest BCUT2D eigenvalue weighted by Crippen LogP contribution is 2.16. The van der Waals surface area contributed by atoms with Crippen molar-refractivity contribution in [3.05, 3.63) is 0 Å². The molecule has 0 amide bonds. The van der Waals surface area contributed by atoms with Gasteiger partial charge in [0.1, 0.15) is 0 Å². The third-order valence-electron chi connectivity index (χ3n) is 2.27. The van der Waals surface area contributed by atoms with Crippen molar-refractivity contribution in [1.82, 2.24) is 0 Å². The summed E-state index contributed by atoms with van der Waals surface area (Å²) >= 11 is 0.861. The molecule has 0 saturated carbocycles. The van der Waals surface area contributed by atoms with Crippen molar-refractivity contribution in [2.75, 3.05) is 0 Å². The molecule has 0 radical (unpaired) electrons. The molecule has 0 aromatic carbocycles. The molecule has 0 aliphatic rings. The van der Waals surface area contributed by atoms with Crippen LogP contribution >= 0.6 is 0 Å². The first kappa shape index (κ1) is 12.0. The van der Waals surface area contributed by atoms with Gasteiger partial charge in [0.25, 0.3) is 0 Å². The quantitative estimate of drug-likeness (QED) is 0.548. The van der Waals surface area contributed by atoms with Gasteiger partial charge in [0.2, 0.25) is 0 Å². The average molecular weight is 186 g/mol. The largest absolute Gasteiger partial charge is 0.644 e. The van der Waals surface area contributed by atoms with Crippen LogP contribution in [0.5, 0.6) is 0 Å². The van der Waals surface area contributed by atoms with Crippen LogP contribution in [0.1, 0.15) is 39.5 Å². The van der Waals surface area contributed by atoms with Crippen LogP contribution in [0.4, 0.5) is 0 Å². The molecule has 1 unspecified atom stereocenters. The van der Waals surface area contributed by atoms with E-state index in [-0.39, 0.29) is 15.6 Å². The Morgan fingerprint density at radius 2 is 2.18 bits per heavy atom. The maximum atomic E-state index is 5.33. The van der Waals surface area contributed by atoms with Crippen LogP contribution in [0.3, 0.4) is 0 Å². The van der Waals surface area contributed by atoms with Crippen molar-refractivity contribution < 1.29 is 2.84 Å². The Kier molecular flexibility index (Phi) is 9.96. The minimum absolute atomic E-state index is 0.103. The van der Waals surface area contributed by atoms with Gasteiger partial charge in [-0.25, -0.2) is 0 Å². The fraction of sp³-hybridized carbons (Fsp3) is 1.00. The monoisotopic (exact) mass is 186 g/mol. The highest BCUT2D eigenvalue weighted by Gasteiger charge is 2.06. The molecular weight excluding hydrogens is 166 g/mol. The summed E-state index contributed by atoms with van der Waals surface area (Å²) in [6, 6.07) is 0. The van der Waals surface area contributed by atoms with Gasteiger partial charge in [-0.15, -0.1) is 0 Å². The minimum Gasteiger partial charge on any atom is -0.644 e. The molecule has 0 fully saturated rings. The molecule has 0 aromatic heterocycles. The molecule has 0 rings (SSSR count). The highest BCUT2D eigenvalue weighted by atomic mass is 27.2. The SMILES string of the molecule is CCCCC(CC)[CH2][AlH][O][AlH2]. The Morgan fingerprint density at radius 3 is 2.64 bits per heavy atom. The van der Waals surface area contributed by atoms with Gasteiger partial charge in [0, 0.05) is 0 Å². The third-order valence-corrected chi connectivity index (χ3v) is 4.96. The van der Waals surface area contributed by atoms with Gasteiger partial charge in [-0.1, -0.05) is 50.7 Å². The van der Waals surface area contributed by atoms with Crippen LogP contribution in [0.25, 0.3) is 0 Å². The Balaban J connectivity index is 3.25. The summed E-state index contributed by atoms with van der Waals surface area (Å²) in [6.45, 7) is 4.58. The van der Waals surface area contributed by atoms with Crippen molar-refractivity contribution in [3.8, 4) is 0 Å². The van der Waals surface area contributed by atoms with Gasteiger partial charge in [-0.3, -0.25) is 0 Å². The average Bonchev–Trinajstić information content (AvgIpc) is 2.05. The van der Waals surface area contributed by atoms with Gasteiger partial charge in [-0.2, -0.15) is 0 Å². The van der Waals surface area contributed by atoms with Gasteiger partial charge < -0.3 is 2.84 Å². The number of unbranched alkanes of at least 4 members (excludes halogenated alkanes) is 1. The topological polar surface area (TPSA) is 9.23 Å². The lowest BCUT2D eigenvalue weighted by atomic mass is 10.0. The second-order valence-corrected chi connectivity index (χ2v) is 6.49. The molecule has 1 atom stereocenters. The number of rotatable bonds is 7. The molecule has 0 bridgehead atoms. The van der Waals surface area contributed by atoms with E-state index in [0.29, 0.717) is 0 Å². The fourth-order valence-corrected chi connectivity index (χ4v) is 3.30. The van der Waals surface area contributed by atoms with Gasteiger partial charge in [0.05, 0.1) is 0 Å². The molecule has 0 aromatic rings. The predicted octanol–water partition coefficient (Wildman–Crippen LogP) is 1.54. The van der Waals surface area contributed by atoms with Gasteiger partial charge in [0.15, 0.2) is 0 Å². The van der Waals surface area contributed by atoms with Crippen molar-refractivity contribution in [2.24, 2.45) is 5.92 Å². The second kappa shape index (κ2) is 9.12.